The van der Waals surface area contributed by atoms with Crippen LogP contribution in [-0.2, 0) is 0 Å². The monoisotopic (exact) mass is 221 g/mol. The lowest BCUT2D eigenvalue weighted by Crippen LogP contribution is -2.24. The largest absolute Gasteiger partial charge is 0.396 e. The van der Waals surface area contributed by atoms with Crippen LogP contribution in [0.2, 0.25) is 0 Å². The molecule has 1 aromatic rings. The molecular formula is C12H19N3O. The predicted molar refractivity (Wildman–Crippen MR) is 67.5 cm³/mol. The maximum atomic E-state index is 8.69. The van der Waals surface area contributed by atoms with Crippen LogP contribution in [0.15, 0.2) is 35.3 Å². The Labute approximate surface area is 96.2 Å². The van der Waals surface area contributed by atoms with Crippen LogP contribution in [-0.4, -0.2) is 23.7 Å². The van der Waals surface area contributed by atoms with Crippen molar-refractivity contribution in [1.29, 1.82) is 0 Å². The van der Waals surface area contributed by atoms with Crippen molar-refractivity contribution < 1.29 is 5.11 Å². The zero-order chi connectivity index (χ0) is 11.8. The summed E-state index contributed by atoms with van der Waals surface area (Å²) in [5.41, 5.74) is 6.68. The topological polar surface area (TPSA) is 70.6 Å². The summed E-state index contributed by atoms with van der Waals surface area (Å²) >= 11 is 0. The van der Waals surface area contributed by atoms with E-state index in [0.29, 0.717) is 5.96 Å². The van der Waals surface area contributed by atoms with Gasteiger partial charge in [-0.3, -0.25) is 4.99 Å². The van der Waals surface area contributed by atoms with Crippen LogP contribution >= 0.6 is 0 Å². The SMILES string of the molecule is CC(CCCO)N=C(N)Nc1ccccc1. The summed E-state index contributed by atoms with van der Waals surface area (Å²) < 4.78 is 0. The van der Waals surface area contributed by atoms with Crippen molar-refractivity contribution in [3.8, 4) is 0 Å². The number of aliphatic hydroxyl groups is 1. The molecule has 0 saturated heterocycles. The third kappa shape index (κ3) is 4.79. The summed E-state index contributed by atoms with van der Waals surface area (Å²) in [6, 6.07) is 9.81. The Bertz CT molecular complexity index is 324. The first-order valence-electron chi connectivity index (χ1n) is 5.48. The van der Waals surface area contributed by atoms with Gasteiger partial charge in [0.25, 0.3) is 0 Å². The zero-order valence-corrected chi connectivity index (χ0v) is 9.56. The fourth-order valence-corrected chi connectivity index (χ4v) is 1.39. The number of anilines is 1. The second kappa shape index (κ2) is 6.85. The number of benzene rings is 1. The highest BCUT2D eigenvalue weighted by Gasteiger charge is 2.00. The Morgan fingerprint density at radius 3 is 2.75 bits per heavy atom. The Morgan fingerprint density at radius 1 is 1.44 bits per heavy atom. The second-order valence-corrected chi connectivity index (χ2v) is 3.72. The summed E-state index contributed by atoms with van der Waals surface area (Å²) in [5.74, 6) is 0.414. The highest BCUT2D eigenvalue weighted by molar-refractivity contribution is 5.92. The molecule has 0 aromatic heterocycles. The smallest absolute Gasteiger partial charge is 0.193 e. The molecule has 0 aliphatic carbocycles. The van der Waals surface area contributed by atoms with Gasteiger partial charge in [0.15, 0.2) is 5.96 Å². The van der Waals surface area contributed by atoms with Crippen molar-refractivity contribution in [2.45, 2.75) is 25.8 Å². The van der Waals surface area contributed by atoms with E-state index in [0.717, 1.165) is 18.5 Å². The fraction of sp³-hybridized carbons (Fsp3) is 0.417. The minimum Gasteiger partial charge on any atom is -0.396 e. The number of nitrogens with zero attached hydrogens (tertiary/aromatic N) is 1. The van der Waals surface area contributed by atoms with Gasteiger partial charge in [0, 0.05) is 12.3 Å². The lowest BCUT2D eigenvalue weighted by atomic mass is 10.2. The highest BCUT2D eigenvalue weighted by Crippen LogP contribution is 2.05. The van der Waals surface area contributed by atoms with Crippen molar-refractivity contribution in [3.63, 3.8) is 0 Å². The molecule has 1 unspecified atom stereocenters. The third-order valence-corrected chi connectivity index (χ3v) is 2.19. The van der Waals surface area contributed by atoms with Gasteiger partial charge in [-0.1, -0.05) is 18.2 Å². The molecule has 0 radical (unpaired) electrons. The van der Waals surface area contributed by atoms with E-state index in [4.69, 9.17) is 10.8 Å². The molecule has 88 valence electrons. The van der Waals surface area contributed by atoms with E-state index >= 15 is 0 Å². The number of para-hydroxylation sites is 1. The van der Waals surface area contributed by atoms with E-state index in [2.05, 4.69) is 10.3 Å². The average molecular weight is 221 g/mol. The molecule has 1 rings (SSSR count). The number of nitrogens with two attached hydrogens (primary N) is 1. The average Bonchev–Trinajstić information content (AvgIpc) is 2.27. The standard InChI is InChI=1S/C12H19N3O/c1-10(6-5-9-16)14-12(13)15-11-7-3-2-4-8-11/h2-4,7-8,10,16H,5-6,9H2,1H3,(H3,13,14,15). The first kappa shape index (κ1) is 12.5. The number of guanidine groups is 1. The number of aliphatic hydroxyl groups excluding tert-OH is 1. The molecule has 4 heteroatoms. The van der Waals surface area contributed by atoms with E-state index in [1.807, 2.05) is 37.3 Å². The summed E-state index contributed by atoms with van der Waals surface area (Å²) in [4.78, 5) is 4.28. The Kier molecular flexibility index (Phi) is 5.36. The zero-order valence-electron chi connectivity index (χ0n) is 9.56. The predicted octanol–water partition coefficient (Wildman–Crippen LogP) is 1.57. The van der Waals surface area contributed by atoms with E-state index in [-0.39, 0.29) is 12.6 Å². The summed E-state index contributed by atoms with van der Waals surface area (Å²) in [6.45, 7) is 2.18. The van der Waals surface area contributed by atoms with Gasteiger partial charge in [-0.05, 0) is 31.9 Å². The van der Waals surface area contributed by atoms with Crippen molar-refractivity contribution in [3.05, 3.63) is 30.3 Å². The Balaban J connectivity index is 2.45. The minimum absolute atomic E-state index is 0.128. The van der Waals surface area contributed by atoms with Gasteiger partial charge >= 0.3 is 0 Å². The molecule has 16 heavy (non-hydrogen) atoms. The van der Waals surface area contributed by atoms with Crippen LogP contribution in [0.25, 0.3) is 0 Å². The Morgan fingerprint density at radius 2 is 2.12 bits per heavy atom. The highest BCUT2D eigenvalue weighted by atomic mass is 16.2. The fourth-order valence-electron chi connectivity index (χ4n) is 1.39. The molecule has 4 N–H and O–H groups in total. The number of rotatable bonds is 5. The second-order valence-electron chi connectivity index (χ2n) is 3.72. The molecule has 4 nitrogen and oxygen atoms in total. The van der Waals surface area contributed by atoms with Crippen molar-refractivity contribution in [1.82, 2.24) is 0 Å². The molecule has 0 aliphatic heterocycles. The molecule has 0 bridgehead atoms. The lowest BCUT2D eigenvalue weighted by molar-refractivity contribution is 0.281. The van der Waals surface area contributed by atoms with Gasteiger partial charge in [-0.2, -0.15) is 0 Å². The number of hydrogen-bond donors (Lipinski definition) is 3. The van der Waals surface area contributed by atoms with Crippen LogP contribution in [0.1, 0.15) is 19.8 Å². The Hall–Kier alpha value is -1.55. The van der Waals surface area contributed by atoms with Crippen molar-refractivity contribution >= 4 is 11.6 Å². The van der Waals surface area contributed by atoms with Crippen molar-refractivity contribution in [2.75, 3.05) is 11.9 Å². The quantitative estimate of drug-likeness (QED) is 0.522. The number of nitrogens with one attached hydrogen (secondary N) is 1. The third-order valence-electron chi connectivity index (χ3n) is 2.19. The molecule has 0 aliphatic rings. The van der Waals surface area contributed by atoms with Crippen LogP contribution in [0.3, 0.4) is 0 Å². The van der Waals surface area contributed by atoms with Crippen LogP contribution in [0, 0.1) is 0 Å². The normalized spacial score (nSPS) is 13.5. The van der Waals surface area contributed by atoms with Gasteiger partial charge in [0.2, 0.25) is 0 Å². The maximum Gasteiger partial charge on any atom is 0.193 e. The molecule has 1 aromatic carbocycles. The summed E-state index contributed by atoms with van der Waals surface area (Å²) in [6.07, 6.45) is 1.59. The molecular weight excluding hydrogens is 202 g/mol. The van der Waals surface area contributed by atoms with Crippen LogP contribution in [0.4, 0.5) is 5.69 Å². The first-order valence-corrected chi connectivity index (χ1v) is 5.48. The molecule has 0 heterocycles. The van der Waals surface area contributed by atoms with E-state index < -0.39 is 0 Å². The van der Waals surface area contributed by atoms with Gasteiger partial charge in [0.1, 0.15) is 0 Å². The molecule has 0 saturated carbocycles. The van der Waals surface area contributed by atoms with E-state index in [1.54, 1.807) is 0 Å². The van der Waals surface area contributed by atoms with Gasteiger partial charge in [-0.15, -0.1) is 0 Å². The summed E-state index contributed by atoms with van der Waals surface area (Å²) in [5, 5.41) is 11.7. The lowest BCUT2D eigenvalue weighted by Gasteiger charge is -2.09. The van der Waals surface area contributed by atoms with Crippen LogP contribution in [0.5, 0.6) is 0 Å². The number of hydrogen-bond acceptors (Lipinski definition) is 2. The molecule has 0 spiro atoms. The van der Waals surface area contributed by atoms with Gasteiger partial charge in [-0.25, -0.2) is 0 Å². The number of aliphatic imine (C=N–C) groups is 1. The van der Waals surface area contributed by atoms with Crippen LogP contribution < -0.4 is 11.1 Å². The minimum atomic E-state index is 0.128. The summed E-state index contributed by atoms with van der Waals surface area (Å²) in [7, 11) is 0. The molecule has 0 fully saturated rings. The molecule has 0 amide bonds. The first-order chi connectivity index (χ1) is 7.72. The van der Waals surface area contributed by atoms with Gasteiger partial charge < -0.3 is 16.2 Å². The maximum absolute atomic E-state index is 8.69. The van der Waals surface area contributed by atoms with E-state index in [9.17, 15) is 0 Å². The van der Waals surface area contributed by atoms with Crippen molar-refractivity contribution in [2.24, 2.45) is 10.7 Å². The van der Waals surface area contributed by atoms with Gasteiger partial charge in [0.05, 0.1) is 6.04 Å². The molecule has 1 atom stereocenters. The van der Waals surface area contributed by atoms with E-state index in [1.165, 1.54) is 0 Å².